The van der Waals surface area contributed by atoms with Crippen LogP contribution in [-0.2, 0) is 28.8 Å². The first-order valence-electron chi connectivity index (χ1n) is 10.3. The fourth-order valence-corrected chi connectivity index (χ4v) is 3.72. The van der Waals surface area contributed by atoms with Gasteiger partial charge in [-0.2, -0.15) is 8.78 Å². The molecule has 0 aromatic heterocycles. The van der Waals surface area contributed by atoms with Crippen LogP contribution in [-0.4, -0.2) is 33.3 Å². The van der Waals surface area contributed by atoms with Crippen molar-refractivity contribution < 1.29 is 27.8 Å². The van der Waals surface area contributed by atoms with Gasteiger partial charge in [-0.3, -0.25) is 4.79 Å². The SMILES string of the molecule is COc1ccc(CCNC(=O)C(=COC(F)F)c2ccc3c(c2)CCCC3)cc1OC. The van der Waals surface area contributed by atoms with Crippen LogP contribution in [0.2, 0.25) is 0 Å². The van der Waals surface area contributed by atoms with Crippen LogP contribution in [0, 0.1) is 0 Å². The summed E-state index contributed by atoms with van der Waals surface area (Å²) in [7, 11) is 3.12. The molecule has 0 saturated carbocycles. The van der Waals surface area contributed by atoms with E-state index in [1.165, 1.54) is 5.56 Å². The Morgan fingerprint density at radius 3 is 2.48 bits per heavy atom. The highest BCUT2D eigenvalue weighted by atomic mass is 19.3. The molecule has 0 fully saturated rings. The van der Waals surface area contributed by atoms with E-state index in [-0.39, 0.29) is 5.57 Å². The Morgan fingerprint density at radius 2 is 1.77 bits per heavy atom. The minimum atomic E-state index is -2.99. The van der Waals surface area contributed by atoms with Crippen LogP contribution < -0.4 is 14.8 Å². The number of aryl methyl sites for hydroxylation is 2. The molecule has 2 aromatic rings. The second-order valence-corrected chi connectivity index (χ2v) is 7.31. The van der Waals surface area contributed by atoms with Crippen molar-refractivity contribution in [3.63, 3.8) is 0 Å². The van der Waals surface area contributed by atoms with Gasteiger partial charge >= 0.3 is 6.61 Å². The van der Waals surface area contributed by atoms with Crippen LogP contribution in [0.15, 0.2) is 42.7 Å². The van der Waals surface area contributed by atoms with Gasteiger partial charge in [-0.25, -0.2) is 0 Å². The van der Waals surface area contributed by atoms with Crippen molar-refractivity contribution in [3.05, 3.63) is 64.9 Å². The van der Waals surface area contributed by atoms with Crippen LogP contribution >= 0.6 is 0 Å². The number of methoxy groups -OCH3 is 2. The number of nitrogens with one attached hydrogen (secondary N) is 1. The quantitative estimate of drug-likeness (QED) is 0.469. The van der Waals surface area contributed by atoms with Gasteiger partial charge in [0.05, 0.1) is 19.8 Å². The summed E-state index contributed by atoms with van der Waals surface area (Å²) >= 11 is 0. The summed E-state index contributed by atoms with van der Waals surface area (Å²) < 4.78 is 40.1. The molecule has 0 bridgehead atoms. The van der Waals surface area contributed by atoms with Crippen molar-refractivity contribution in [3.8, 4) is 11.5 Å². The van der Waals surface area contributed by atoms with E-state index in [4.69, 9.17) is 9.47 Å². The molecule has 0 atom stereocenters. The second kappa shape index (κ2) is 10.8. The molecule has 3 rings (SSSR count). The molecule has 0 saturated heterocycles. The van der Waals surface area contributed by atoms with E-state index < -0.39 is 12.5 Å². The molecular formula is C24H27F2NO4. The maximum absolute atomic E-state index is 12.8. The van der Waals surface area contributed by atoms with Crippen molar-refractivity contribution in [2.75, 3.05) is 20.8 Å². The third-order valence-electron chi connectivity index (χ3n) is 5.34. The van der Waals surface area contributed by atoms with Gasteiger partial charge < -0.3 is 19.5 Å². The van der Waals surface area contributed by atoms with Crippen LogP contribution in [0.5, 0.6) is 11.5 Å². The molecular weight excluding hydrogens is 404 g/mol. The van der Waals surface area contributed by atoms with Crippen LogP contribution in [0.25, 0.3) is 5.57 Å². The summed E-state index contributed by atoms with van der Waals surface area (Å²) in [6, 6.07) is 11.2. The van der Waals surface area contributed by atoms with Crippen molar-refractivity contribution >= 4 is 11.5 Å². The maximum atomic E-state index is 12.8. The largest absolute Gasteiger partial charge is 0.493 e. The smallest absolute Gasteiger partial charge is 0.386 e. The van der Waals surface area contributed by atoms with Crippen molar-refractivity contribution in [2.24, 2.45) is 0 Å². The normalized spacial score (nSPS) is 13.5. The zero-order chi connectivity index (χ0) is 22.2. The van der Waals surface area contributed by atoms with Gasteiger partial charge in [0.2, 0.25) is 0 Å². The number of hydrogen-bond acceptors (Lipinski definition) is 4. The lowest BCUT2D eigenvalue weighted by Crippen LogP contribution is -2.27. The van der Waals surface area contributed by atoms with Gasteiger partial charge in [0.25, 0.3) is 5.91 Å². The Kier molecular flexibility index (Phi) is 7.87. The van der Waals surface area contributed by atoms with Gasteiger partial charge in [0.15, 0.2) is 11.5 Å². The zero-order valence-electron chi connectivity index (χ0n) is 17.8. The predicted octanol–water partition coefficient (Wildman–Crippen LogP) is 4.52. The number of hydrogen-bond donors (Lipinski definition) is 1. The van der Waals surface area contributed by atoms with E-state index in [0.29, 0.717) is 30.0 Å². The lowest BCUT2D eigenvalue weighted by Gasteiger charge is -2.17. The lowest BCUT2D eigenvalue weighted by molar-refractivity contribution is -0.116. The van der Waals surface area contributed by atoms with E-state index in [1.807, 2.05) is 24.3 Å². The van der Waals surface area contributed by atoms with Gasteiger partial charge in [0, 0.05) is 6.54 Å². The van der Waals surface area contributed by atoms with Crippen LogP contribution in [0.3, 0.4) is 0 Å². The molecule has 0 unspecified atom stereocenters. The molecule has 0 spiro atoms. The number of carbonyl (C=O) groups excluding carboxylic acids is 1. The number of alkyl halides is 2. The summed E-state index contributed by atoms with van der Waals surface area (Å²) in [4.78, 5) is 12.8. The first-order valence-corrected chi connectivity index (χ1v) is 10.3. The first-order chi connectivity index (χ1) is 15.0. The fourth-order valence-electron chi connectivity index (χ4n) is 3.72. The van der Waals surface area contributed by atoms with Crippen molar-refractivity contribution in [1.29, 1.82) is 0 Å². The summed E-state index contributed by atoms with van der Waals surface area (Å²) in [6.07, 6.45) is 5.54. The Labute approximate surface area is 181 Å². The average molecular weight is 431 g/mol. The highest BCUT2D eigenvalue weighted by Gasteiger charge is 2.17. The Bertz CT molecular complexity index is 943. The molecule has 2 aromatic carbocycles. The Morgan fingerprint density at radius 1 is 1.03 bits per heavy atom. The topological polar surface area (TPSA) is 56.8 Å². The first kappa shape index (κ1) is 22.6. The van der Waals surface area contributed by atoms with Crippen molar-refractivity contribution in [2.45, 2.75) is 38.7 Å². The standard InChI is InChI=1S/C24H27F2NO4/c1-29-21-10-7-16(13-22(21)30-2)11-12-27-23(28)20(15-31-24(25)26)19-9-8-17-5-3-4-6-18(17)14-19/h7-10,13-15,24H,3-6,11-12H2,1-2H3,(H,27,28). The maximum Gasteiger partial charge on any atom is 0.386 e. The second-order valence-electron chi connectivity index (χ2n) is 7.31. The average Bonchev–Trinajstić information content (AvgIpc) is 2.78. The van der Waals surface area contributed by atoms with Gasteiger partial charge in [-0.15, -0.1) is 0 Å². The van der Waals surface area contributed by atoms with Crippen molar-refractivity contribution in [1.82, 2.24) is 5.32 Å². The number of ether oxygens (including phenoxy) is 3. The lowest BCUT2D eigenvalue weighted by atomic mass is 9.89. The van der Waals surface area contributed by atoms with Gasteiger partial charge in [-0.05, 0) is 66.5 Å². The van der Waals surface area contributed by atoms with E-state index in [9.17, 15) is 13.6 Å². The Hall–Kier alpha value is -3.09. The van der Waals surface area contributed by atoms with E-state index in [1.54, 1.807) is 26.4 Å². The van der Waals surface area contributed by atoms with E-state index in [2.05, 4.69) is 10.1 Å². The molecule has 1 N–H and O–H groups in total. The molecule has 0 heterocycles. The molecule has 5 nitrogen and oxygen atoms in total. The van der Waals surface area contributed by atoms with Gasteiger partial charge in [-0.1, -0.05) is 24.3 Å². The highest BCUT2D eigenvalue weighted by molar-refractivity contribution is 6.19. The molecule has 0 radical (unpaired) electrons. The number of rotatable bonds is 9. The zero-order valence-corrected chi connectivity index (χ0v) is 17.8. The molecule has 0 aliphatic heterocycles. The van der Waals surface area contributed by atoms with Gasteiger partial charge in [0.1, 0.15) is 6.26 Å². The van der Waals surface area contributed by atoms with Crippen LogP contribution in [0.4, 0.5) is 8.78 Å². The third kappa shape index (κ3) is 5.96. The minimum absolute atomic E-state index is 0.0842. The summed E-state index contributed by atoms with van der Waals surface area (Å²) in [5, 5.41) is 2.80. The summed E-state index contributed by atoms with van der Waals surface area (Å²) in [6.45, 7) is -2.67. The number of fused-ring (bicyclic) bond motifs is 1. The molecule has 31 heavy (non-hydrogen) atoms. The Balaban J connectivity index is 1.70. The third-order valence-corrected chi connectivity index (χ3v) is 5.34. The van der Waals surface area contributed by atoms with E-state index in [0.717, 1.165) is 43.1 Å². The molecule has 1 amide bonds. The molecule has 1 aliphatic rings. The highest BCUT2D eigenvalue weighted by Crippen LogP contribution is 2.28. The molecule has 1 aliphatic carbocycles. The van der Waals surface area contributed by atoms with Crippen LogP contribution in [0.1, 0.15) is 35.1 Å². The monoisotopic (exact) mass is 431 g/mol. The number of amides is 1. The molecule has 7 heteroatoms. The number of carbonyl (C=O) groups is 1. The number of halogens is 2. The fraction of sp³-hybridized carbons (Fsp3) is 0.375. The number of benzene rings is 2. The summed E-state index contributed by atoms with van der Waals surface area (Å²) in [5.41, 5.74) is 4.01. The van der Waals surface area contributed by atoms with E-state index >= 15 is 0 Å². The summed E-state index contributed by atoms with van der Waals surface area (Å²) in [5.74, 6) is 0.764. The molecule has 166 valence electrons. The minimum Gasteiger partial charge on any atom is -0.493 e. The predicted molar refractivity (Wildman–Crippen MR) is 114 cm³/mol.